The molecule has 0 heterocycles. The van der Waals surface area contributed by atoms with Gasteiger partial charge in [-0.2, -0.15) is 0 Å². The molecule has 2 aromatic rings. The lowest BCUT2D eigenvalue weighted by atomic mass is 10.1. The molecule has 0 saturated heterocycles. The van der Waals surface area contributed by atoms with E-state index in [2.05, 4.69) is 23.1 Å². The standard InChI is InChI=1S/C20H24N4O6/c1-4-5-10-30-17-9-7-14(12-18(17)29-3)20(26)23-22-19(25)13-6-8-15(21-2)16(11-13)24(27)28/h6-9,11-12,21H,4-5,10H2,1-3H3,(H,22,25)(H,23,26). The number of nitro benzene ring substituents is 1. The first-order chi connectivity index (χ1) is 14.4. The molecule has 10 heteroatoms. The van der Waals surface area contributed by atoms with Gasteiger partial charge in [-0.3, -0.25) is 30.6 Å². The van der Waals surface area contributed by atoms with Crippen LogP contribution in [-0.4, -0.2) is 37.5 Å². The van der Waals surface area contributed by atoms with Crippen LogP contribution in [0.4, 0.5) is 11.4 Å². The summed E-state index contributed by atoms with van der Waals surface area (Å²) in [6.45, 7) is 2.59. The van der Waals surface area contributed by atoms with Gasteiger partial charge in [-0.1, -0.05) is 13.3 Å². The monoisotopic (exact) mass is 416 g/mol. The fourth-order valence-corrected chi connectivity index (χ4v) is 2.55. The molecule has 0 atom stereocenters. The fourth-order valence-electron chi connectivity index (χ4n) is 2.55. The van der Waals surface area contributed by atoms with Crippen molar-refractivity contribution in [2.24, 2.45) is 0 Å². The number of rotatable bonds is 9. The topological polar surface area (TPSA) is 132 Å². The molecule has 2 aromatic carbocycles. The Balaban J connectivity index is 2.05. The molecule has 0 aromatic heterocycles. The number of unbranched alkanes of at least 4 members (excludes halogenated alkanes) is 1. The van der Waals surface area contributed by atoms with Gasteiger partial charge in [0, 0.05) is 24.2 Å². The predicted molar refractivity (Wildman–Crippen MR) is 111 cm³/mol. The number of hydrazine groups is 1. The number of hydrogen-bond acceptors (Lipinski definition) is 7. The summed E-state index contributed by atoms with van der Waals surface area (Å²) < 4.78 is 10.9. The van der Waals surface area contributed by atoms with E-state index in [1.807, 2.05) is 0 Å². The highest BCUT2D eigenvalue weighted by molar-refractivity contribution is 6.00. The van der Waals surface area contributed by atoms with Crippen LogP contribution in [0.15, 0.2) is 36.4 Å². The fraction of sp³-hybridized carbons (Fsp3) is 0.300. The third-order valence-electron chi connectivity index (χ3n) is 4.20. The van der Waals surface area contributed by atoms with E-state index in [1.54, 1.807) is 6.07 Å². The van der Waals surface area contributed by atoms with E-state index in [1.165, 1.54) is 38.4 Å². The number of carbonyl (C=O) groups is 2. The smallest absolute Gasteiger partial charge is 0.293 e. The van der Waals surface area contributed by atoms with Crippen molar-refractivity contribution in [3.63, 3.8) is 0 Å². The van der Waals surface area contributed by atoms with Gasteiger partial charge in [-0.05, 0) is 36.8 Å². The molecule has 3 N–H and O–H groups in total. The number of nitro groups is 1. The van der Waals surface area contributed by atoms with Crippen LogP contribution in [0.5, 0.6) is 11.5 Å². The Morgan fingerprint density at radius 2 is 1.67 bits per heavy atom. The van der Waals surface area contributed by atoms with Gasteiger partial charge in [0.2, 0.25) is 0 Å². The second-order valence-electron chi connectivity index (χ2n) is 6.21. The minimum Gasteiger partial charge on any atom is -0.493 e. The molecule has 0 fully saturated rings. The van der Waals surface area contributed by atoms with Gasteiger partial charge < -0.3 is 14.8 Å². The van der Waals surface area contributed by atoms with Crippen LogP contribution in [0.25, 0.3) is 0 Å². The van der Waals surface area contributed by atoms with Crippen molar-refractivity contribution in [2.75, 3.05) is 26.1 Å². The molecule has 0 aliphatic carbocycles. The van der Waals surface area contributed by atoms with E-state index < -0.39 is 16.7 Å². The predicted octanol–water partition coefficient (Wildman–Crippen LogP) is 2.90. The van der Waals surface area contributed by atoms with Gasteiger partial charge in [0.1, 0.15) is 5.69 Å². The van der Waals surface area contributed by atoms with Crippen LogP contribution in [0.3, 0.4) is 0 Å². The Kier molecular flexibility index (Phi) is 7.98. The Labute approximate surface area is 173 Å². The van der Waals surface area contributed by atoms with E-state index in [4.69, 9.17) is 9.47 Å². The van der Waals surface area contributed by atoms with E-state index >= 15 is 0 Å². The van der Waals surface area contributed by atoms with Crippen LogP contribution < -0.4 is 25.6 Å². The first kappa shape index (κ1) is 22.5. The van der Waals surface area contributed by atoms with E-state index in [9.17, 15) is 19.7 Å². The summed E-state index contributed by atoms with van der Waals surface area (Å²) in [7, 11) is 3.00. The SMILES string of the molecule is CCCCOc1ccc(C(=O)NNC(=O)c2ccc(NC)c([N+](=O)[O-])c2)cc1OC. The number of amides is 2. The van der Waals surface area contributed by atoms with Crippen LogP contribution in [0.1, 0.15) is 40.5 Å². The zero-order chi connectivity index (χ0) is 22.1. The molecule has 0 radical (unpaired) electrons. The average Bonchev–Trinajstić information content (AvgIpc) is 2.76. The molecule has 2 rings (SSSR count). The summed E-state index contributed by atoms with van der Waals surface area (Å²) in [5.41, 5.74) is 4.81. The maximum Gasteiger partial charge on any atom is 0.293 e. The first-order valence-corrected chi connectivity index (χ1v) is 9.29. The minimum absolute atomic E-state index is 0.0262. The van der Waals surface area contributed by atoms with Crippen molar-refractivity contribution in [2.45, 2.75) is 19.8 Å². The molecule has 0 aliphatic heterocycles. The summed E-state index contributed by atoms with van der Waals surface area (Å²) in [4.78, 5) is 35.1. The second-order valence-corrected chi connectivity index (χ2v) is 6.21. The quantitative estimate of drug-likeness (QED) is 0.325. The summed E-state index contributed by atoms with van der Waals surface area (Å²) in [6, 6.07) is 8.60. The molecule has 0 aliphatic rings. The number of methoxy groups -OCH3 is 1. The van der Waals surface area contributed by atoms with Crippen molar-refractivity contribution < 1.29 is 24.0 Å². The molecule has 2 amide bonds. The molecular weight excluding hydrogens is 392 g/mol. The van der Waals surface area contributed by atoms with Gasteiger partial charge in [0.05, 0.1) is 18.6 Å². The summed E-state index contributed by atoms with van der Waals surface area (Å²) in [5, 5.41) is 13.8. The number of nitrogens with one attached hydrogen (secondary N) is 3. The van der Waals surface area contributed by atoms with Crippen molar-refractivity contribution in [1.29, 1.82) is 0 Å². The molecular formula is C20H24N4O6. The molecule has 0 bridgehead atoms. The molecule has 0 unspecified atom stereocenters. The number of benzene rings is 2. The Morgan fingerprint density at radius 3 is 2.23 bits per heavy atom. The lowest BCUT2D eigenvalue weighted by molar-refractivity contribution is -0.384. The molecule has 160 valence electrons. The number of carbonyl (C=O) groups excluding carboxylic acids is 2. The summed E-state index contributed by atoms with van der Waals surface area (Å²) >= 11 is 0. The minimum atomic E-state index is -0.694. The lowest BCUT2D eigenvalue weighted by Gasteiger charge is -2.12. The first-order valence-electron chi connectivity index (χ1n) is 9.29. The molecule has 10 nitrogen and oxygen atoms in total. The zero-order valence-electron chi connectivity index (χ0n) is 17.0. The lowest BCUT2D eigenvalue weighted by Crippen LogP contribution is -2.41. The number of ether oxygens (including phenoxy) is 2. The van der Waals surface area contributed by atoms with Crippen molar-refractivity contribution in [1.82, 2.24) is 10.9 Å². The second kappa shape index (κ2) is 10.6. The highest BCUT2D eigenvalue weighted by Gasteiger charge is 2.18. The Hall–Kier alpha value is -3.82. The van der Waals surface area contributed by atoms with Crippen LogP contribution in [-0.2, 0) is 0 Å². The van der Waals surface area contributed by atoms with Gasteiger partial charge in [0.25, 0.3) is 17.5 Å². The van der Waals surface area contributed by atoms with Crippen LogP contribution in [0, 0.1) is 10.1 Å². The van der Waals surface area contributed by atoms with Gasteiger partial charge in [0.15, 0.2) is 11.5 Å². The third kappa shape index (κ3) is 5.60. The van der Waals surface area contributed by atoms with Gasteiger partial charge >= 0.3 is 0 Å². The van der Waals surface area contributed by atoms with Crippen molar-refractivity contribution in [3.05, 3.63) is 57.6 Å². The van der Waals surface area contributed by atoms with Crippen molar-refractivity contribution in [3.8, 4) is 11.5 Å². The van der Waals surface area contributed by atoms with Crippen LogP contribution in [0.2, 0.25) is 0 Å². The number of hydrogen-bond donors (Lipinski definition) is 3. The average molecular weight is 416 g/mol. The van der Waals surface area contributed by atoms with E-state index in [-0.39, 0.29) is 22.5 Å². The largest absolute Gasteiger partial charge is 0.493 e. The maximum atomic E-state index is 12.4. The number of nitrogens with zero attached hydrogens (tertiary/aromatic N) is 1. The zero-order valence-corrected chi connectivity index (χ0v) is 17.0. The van der Waals surface area contributed by atoms with Gasteiger partial charge in [-0.15, -0.1) is 0 Å². The summed E-state index contributed by atoms with van der Waals surface area (Å²) in [5.74, 6) is -0.365. The highest BCUT2D eigenvalue weighted by atomic mass is 16.6. The highest BCUT2D eigenvalue weighted by Crippen LogP contribution is 2.28. The third-order valence-corrected chi connectivity index (χ3v) is 4.20. The molecule has 30 heavy (non-hydrogen) atoms. The van der Waals surface area contributed by atoms with E-state index in [0.717, 1.165) is 18.9 Å². The van der Waals surface area contributed by atoms with Crippen LogP contribution >= 0.6 is 0 Å². The van der Waals surface area contributed by atoms with Gasteiger partial charge in [-0.25, -0.2) is 0 Å². The molecule has 0 saturated carbocycles. The molecule has 0 spiro atoms. The number of anilines is 1. The maximum absolute atomic E-state index is 12.4. The Morgan fingerprint density at radius 1 is 1.03 bits per heavy atom. The van der Waals surface area contributed by atoms with E-state index in [0.29, 0.717) is 18.1 Å². The summed E-state index contributed by atoms with van der Waals surface area (Å²) in [6.07, 6.45) is 1.88. The Bertz CT molecular complexity index is 932. The normalized spacial score (nSPS) is 10.1. The van der Waals surface area contributed by atoms with Crippen molar-refractivity contribution >= 4 is 23.2 Å².